The summed E-state index contributed by atoms with van der Waals surface area (Å²) in [5, 5.41) is 3.60. The summed E-state index contributed by atoms with van der Waals surface area (Å²) < 4.78 is 6.14. The highest BCUT2D eigenvalue weighted by Crippen LogP contribution is 2.49. The Labute approximate surface area is 142 Å². The summed E-state index contributed by atoms with van der Waals surface area (Å²) >= 11 is 0. The van der Waals surface area contributed by atoms with E-state index in [2.05, 4.69) is 47.6 Å². The fourth-order valence-corrected chi connectivity index (χ4v) is 3.47. The lowest BCUT2D eigenvalue weighted by atomic mass is 9.75. The fourth-order valence-electron chi connectivity index (χ4n) is 3.47. The number of ether oxygens (including phenoxy) is 1. The third-order valence-electron chi connectivity index (χ3n) is 4.46. The lowest BCUT2D eigenvalue weighted by Crippen LogP contribution is -2.46. The van der Waals surface area contributed by atoms with E-state index in [-0.39, 0.29) is 0 Å². The van der Waals surface area contributed by atoms with E-state index in [9.17, 15) is 0 Å². The zero-order valence-corrected chi connectivity index (χ0v) is 13.2. The number of nitrogens with one attached hydrogen (secondary N) is 1. The number of fused-ring (bicyclic) bond motifs is 2. The smallest absolute Gasteiger partial charge is 0.133 e. The van der Waals surface area contributed by atoms with Crippen LogP contribution in [0.3, 0.4) is 0 Å². The molecule has 1 aliphatic heterocycles. The van der Waals surface area contributed by atoms with Gasteiger partial charge in [-0.25, -0.2) is 0 Å². The Bertz CT molecular complexity index is 863. The predicted octanol–water partition coefficient (Wildman–Crippen LogP) is 4.31. The minimum absolute atomic E-state index is 0.456. The molecule has 0 saturated carbocycles. The van der Waals surface area contributed by atoms with Crippen LogP contribution in [0.25, 0.3) is 0 Å². The van der Waals surface area contributed by atoms with Crippen LogP contribution in [-0.4, -0.2) is 6.54 Å². The standard InChI is InChI=1S/C22H17NO/c1-2-16-23-22(17-10-4-3-5-11-17)18-12-6-8-14-20(18)24-21-15-9-7-13-19(21)22/h1,3-15,23H,16H2. The topological polar surface area (TPSA) is 21.3 Å². The number of benzene rings is 3. The fraction of sp³-hybridized carbons (Fsp3) is 0.0909. The van der Waals surface area contributed by atoms with E-state index in [4.69, 9.17) is 11.2 Å². The highest BCUT2D eigenvalue weighted by molar-refractivity contribution is 5.62. The van der Waals surface area contributed by atoms with Crippen molar-refractivity contribution in [2.45, 2.75) is 5.54 Å². The zero-order chi connectivity index (χ0) is 16.4. The minimum Gasteiger partial charge on any atom is -0.457 e. The van der Waals surface area contributed by atoms with Crippen molar-refractivity contribution >= 4 is 0 Å². The summed E-state index contributed by atoms with van der Waals surface area (Å²) in [5.74, 6) is 4.42. The second kappa shape index (κ2) is 5.88. The Morgan fingerprint density at radius 1 is 0.792 bits per heavy atom. The summed E-state index contributed by atoms with van der Waals surface area (Å²) in [6.07, 6.45) is 5.58. The van der Waals surface area contributed by atoms with Crippen LogP contribution in [0.4, 0.5) is 0 Å². The summed E-state index contributed by atoms with van der Waals surface area (Å²) in [7, 11) is 0. The quantitative estimate of drug-likeness (QED) is 0.728. The summed E-state index contributed by atoms with van der Waals surface area (Å²) in [4.78, 5) is 0. The van der Waals surface area contributed by atoms with Gasteiger partial charge in [0.25, 0.3) is 0 Å². The Morgan fingerprint density at radius 3 is 1.92 bits per heavy atom. The van der Waals surface area contributed by atoms with Gasteiger partial charge in [-0.3, -0.25) is 5.32 Å². The molecule has 0 spiro atoms. The van der Waals surface area contributed by atoms with Gasteiger partial charge < -0.3 is 4.74 Å². The van der Waals surface area contributed by atoms with Crippen LogP contribution >= 0.6 is 0 Å². The number of terminal acetylenes is 1. The van der Waals surface area contributed by atoms with Crippen LogP contribution in [-0.2, 0) is 5.54 Å². The van der Waals surface area contributed by atoms with Crippen LogP contribution in [0.1, 0.15) is 16.7 Å². The van der Waals surface area contributed by atoms with Crippen molar-refractivity contribution in [3.63, 3.8) is 0 Å². The summed E-state index contributed by atoms with van der Waals surface area (Å²) in [6, 6.07) is 26.6. The predicted molar refractivity (Wildman–Crippen MR) is 96.1 cm³/mol. The van der Waals surface area contributed by atoms with Crippen LogP contribution in [0.15, 0.2) is 78.9 Å². The van der Waals surface area contributed by atoms with E-state index in [1.165, 1.54) is 0 Å². The first-order chi connectivity index (χ1) is 11.9. The van der Waals surface area contributed by atoms with Gasteiger partial charge in [0.1, 0.15) is 17.0 Å². The Hall–Kier alpha value is -3.02. The Balaban J connectivity index is 2.07. The Morgan fingerprint density at radius 2 is 1.33 bits per heavy atom. The van der Waals surface area contributed by atoms with Gasteiger partial charge in [0.15, 0.2) is 0 Å². The molecule has 0 fully saturated rings. The molecule has 0 atom stereocenters. The molecular weight excluding hydrogens is 294 g/mol. The van der Waals surface area contributed by atoms with Crippen molar-refractivity contribution in [2.24, 2.45) is 0 Å². The molecule has 116 valence electrons. The average molecular weight is 311 g/mol. The second-order valence-electron chi connectivity index (χ2n) is 5.77. The van der Waals surface area contributed by atoms with Gasteiger partial charge >= 0.3 is 0 Å². The first kappa shape index (κ1) is 14.6. The van der Waals surface area contributed by atoms with Crippen LogP contribution in [0, 0.1) is 12.3 Å². The molecule has 24 heavy (non-hydrogen) atoms. The highest BCUT2D eigenvalue weighted by atomic mass is 16.5. The number of rotatable bonds is 3. The van der Waals surface area contributed by atoms with Gasteiger partial charge in [-0.15, -0.1) is 6.42 Å². The van der Waals surface area contributed by atoms with Gasteiger partial charge in [-0.2, -0.15) is 0 Å². The normalized spacial score (nSPS) is 14.0. The first-order valence-corrected chi connectivity index (χ1v) is 7.97. The van der Waals surface area contributed by atoms with E-state index in [1.54, 1.807) is 0 Å². The first-order valence-electron chi connectivity index (χ1n) is 7.97. The molecule has 2 nitrogen and oxygen atoms in total. The molecule has 0 radical (unpaired) electrons. The summed E-state index contributed by atoms with van der Waals surface area (Å²) in [6.45, 7) is 0.456. The van der Waals surface area contributed by atoms with Crippen LogP contribution in [0.2, 0.25) is 0 Å². The van der Waals surface area contributed by atoms with Crippen molar-refractivity contribution in [3.8, 4) is 23.8 Å². The van der Waals surface area contributed by atoms with Gasteiger partial charge in [0.2, 0.25) is 0 Å². The van der Waals surface area contributed by atoms with Gasteiger partial charge in [-0.1, -0.05) is 72.7 Å². The molecule has 3 aromatic rings. The maximum absolute atomic E-state index is 6.14. The van der Waals surface area contributed by atoms with Crippen molar-refractivity contribution in [1.82, 2.24) is 5.32 Å². The highest BCUT2D eigenvalue weighted by Gasteiger charge is 2.42. The average Bonchev–Trinajstić information content (AvgIpc) is 2.66. The molecular formula is C22H17NO. The maximum Gasteiger partial charge on any atom is 0.133 e. The molecule has 1 N–H and O–H groups in total. The van der Waals surface area contributed by atoms with Gasteiger partial charge in [-0.05, 0) is 17.7 Å². The molecule has 2 heteroatoms. The molecule has 4 rings (SSSR count). The largest absolute Gasteiger partial charge is 0.457 e. The number of hydrogen-bond donors (Lipinski definition) is 1. The SMILES string of the molecule is C#CCNC1(c2ccccc2)c2ccccc2Oc2ccccc21. The minimum atomic E-state index is -0.529. The zero-order valence-electron chi connectivity index (χ0n) is 13.2. The van der Waals surface area contributed by atoms with Gasteiger partial charge in [0, 0.05) is 11.1 Å². The molecule has 0 aromatic heterocycles. The van der Waals surface area contributed by atoms with E-state index in [1.807, 2.05) is 42.5 Å². The molecule has 0 bridgehead atoms. The molecule has 0 saturated heterocycles. The Kier molecular flexibility index (Phi) is 3.57. The molecule has 0 amide bonds. The van der Waals surface area contributed by atoms with Gasteiger partial charge in [0.05, 0.1) is 6.54 Å². The molecule has 3 aromatic carbocycles. The van der Waals surface area contributed by atoms with E-state index in [0.29, 0.717) is 6.54 Å². The van der Waals surface area contributed by atoms with Crippen molar-refractivity contribution in [2.75, 3.05) is 6.54 Å². The van der Waals surface area contributed by atoms with E-state index >= 15 is 0 Å². The monoisotopic (exact) mass is 311 g/mol. The third-order valence-corrected chi connectivity index (χ3v) is 4.46. The second-order valence-corrected chi connectivity index (χ2v) is 5.77. The van der Waals surface area contributed by atoms with Crippen molar-refractivity contribution < 1.29 is 4.74 Å². The third kappa shape index (κ3) is 2.11. The lowest BCUT2D eigenvalue weighted by molar-refractivity contribution is 0.388. The van der Waals surface area contributed by atoms with Crippen LogP contribution < -0.4 is 10.1 Å². The number of para-hydroxylation sites is 2. The lowest BCUT2D eigenvalue weighted by Gasteiger charge is -2.41. The summed E-state index contributed by atoms with van der Waals surface area (Å²) in [5.41, 5.74) is 2.76. The molecule has 0 unspecified atom stereocenters. The molecule has 0 aliphatic carbocycles. The van der Waals surface area contributed by atoms with Crippen LogP contribution in [0.5, 0.6) is 11.5 Å². The van der Waals surface area contributed by atoms with E-state index < -0.39 is 5.54 Å². The van der Waals surface area contributed by atoms with Crippen molar-refractivity contribution in [3.05, 3.63) is 95.6 Å². The van der Waals surface area contributed by atoms with E-state index in [0.717, 1.165) is 28.2 Å². The maximum atomic E-state index is 6.14. The number of hydrogen-bond acceptors (Lipinski definition) is 2. The molecule has 1 aliphatic rings. The van der Waals surface area contributed by atoms with Crippen molar-refractivity contribution in [1.29, 1.82) is 0 Å². The molecule has 1 heterocycles.